The standard InChI is InChI=1S/C13H27NO2/c1-2-15-11-6-5-9-14-10-12-16-13-7-3-4-8-13/h13-14H,2-12H2,1H3. The molecule has 1 rings (SSSR count). The molecule has 0 atom stereocenters. The third-order valence-corrected chi connectivity index (χ3v) is 3.03. The Morgan fingerprint density at radius 2 is 1.88 bits per heavy atom. The van der Waals surface area contributed by atoms with Gasteiger partial charge in [-0.15, -0.1) is 0 Å². The molecule has 1 saturated carbocycles. The quantitative estimate of drug-likeness (QED) is 0.583. The summed E-state index contributed by atoms with van der Waals surface area (Å²) in [5, 5.41) is 3.41. The van der Waals surface area contributed by atoms with E-state index in [1.54, 1.807) is 0 Å². The van der Waals surface area contributed by atoms with Crippen molar-refractivity contribution in [2.75, 3.05) is 32.9 Å². The molecule has 96 valence electrons. The molecule has 0 bridgehead atoms. The molecule has 0 saturated heterocycles. The number of rotatable bonds is 10. The second-order valence-corrected chi connectivity index (χ2v) is 4.43. The lowest BCUT2D eigenvalue weighted by Gasteiger charge is -2.11. The second kappa shape index (κ2) is 10.1. The van der Waals surface area contributed by atoms with Crippen molar-refractivity contribution in [1.29, 1.82) is 0 Å². The van der Waals surface area contributed by atoms with E-state index in [1.165, 1.54) is 32.1 Å². The van der Waals surface area contributed by atoms with E-state index in [9.17, 15) is 0 Å². The highest BCUT2D eigenvalue weighted by atomic mass is 16.5. The highest BCUT2D eigenvalue weighted by Gasteiger charge is 2.14. The van der Waals surface area contributed by atoms with Gasteiger partial charge in [0, 0.05) is 19.8 Å². The van der Waals surface area contributed by atoms with Gasteiger partial charge < -0.3 is 14.8 Å². The summed E-state index contributed by atoms with van der Waals surface area (Å²) in [6, 6.07) is 0. The molecule has 0 heterocycles. The zero-order valence-electron chi connectivity index (χ0n) is 10.7. The van der Waals surface area contributed by atoms with E-state index in [1.807, 2.05) is 6.92 Å². The van der Waals surface area contributed by atoms with Crippen molar-refractivity contribution < 1.29 is 9.47 Å². The van der Waals surface area contributed by atoms with Crippen molar-refractivity contribution in [1.82, 2.24) is 5.32 Å². The monoisotopic (exact) mass is 229 g/mol. The maximum absolute atomic E-state index is 5.76. The summed E-state index contributed by atoms with van der Waals surface area (Å²) in [5.74, 6) is 0. The lowest BCUT2D eigenvalue weighted by molar-refractivity contribution is 0.0603. The Morgan fingerprint density at radius 1 is 1.06 bits per heavy atom. The molecule has 0 aliphatic heterocycles. The van der Waals surface area contributed by atoms with Crippen LogP contribution in [0.25, 0.3) is 0 Å². The Labute approximate surface area is 99.9 Å². The third kappa shape index (κ3) is 7.20. The first kappa shape index (κ1) is 13.9. The minimum Gasteiger partial charge on any atom is -0.382 e. The van der Waals surface area contributed by atoms with Crippen molar-refractivity contribution in [2.45, 2.75) is 51.6 Å². The lowest BCUT2D eigenvalue weighted by Crippen LogP contribution is -2.23. The maximum atomic E-state index is 5.76. The number of ether oxygens (including phenoxy) is 2. The first-order valence-electron chi connectivity index (χ1n) is 6.83. The molecule has 0 aromatic heterocycles. The van der Waals surface area contributed by atoms with Gasteiger partial charge in [0.25, 0.3) is 0 Å². The van der Waals surface area contributed by atoms with Crippen molar-refractivity contribution >= 4 is 0 Å². The number of unbranched alkanes of at least 4 members (excludes halogenated alkanes) is 1. The SMILES string of the molecule is CCOCCCCNCCOC1CCCC1. The summed E-state index contributed by atoms with van der Waals surface area (Å²) < 4.78 is 11.0. The second-order valence-electron chi connectivity index (χ2n) is 4.43. The molecule has 0 aromatic carbocycles. The average molecular weight is 229 g/mol. The minimum atomic E-state index is 0.555. The smallest absolute Gasteiger partial charge is 0.0594 e. The van der Waals surface area contributed by atoms with Gasteiger partial charge in [-0.3, -0.25) is 0 Å². The molecule has 3 nitrogen and oxygen atoms in total. The fraction of sp³-hybridized carbons (Fsp3) is 1.00. The lowest BCUT2D eigenvalue weighted by atomic mass is 10.3. The van der Waals surface area contributed by atoms with Gasteiger partial charge in [-0.25, -0.2) is 0 Å². The highest BCUT2D eigenvalue weighted by Crippen LogP contribution is 2.20. The molecule has 0 spiro atoms. The largest absolute Gasteiger partial charge is 0.382 e. The van der Waals surface area contributed by atoms with Crippen molar-refractivity contribution in [3.05, 3.63) is 0 Å². The van der Waals surface area contributed by atoms with E-state index in [2.05, 4.69) is 5.32 Å². The molecule has 1 aliphatic carbocycles. The number of nitrogens with one attached hydrogen (secondary N) is 1. The van der Waals surface area contributed by atoms with Gasteiger partial charge in [-0.05, 0) is 39.2 Å². The van der Waals surface area contributed by atoms with Crippen LogP contribution in [0.4, 0.5) is 0 Å². The normalized spacial score (nSPS) is 17.1. The van der Waals surface area contributed by atoms with Crippen LogP contribution in [0.3, 0.4) is 0 Å². The Kier molecular flexibility index (Phi) is 8.77. The van der Waals surface area contributed by atoms with E-state index >= 15 is 0 Å². The zero-order chi connectivity index (χ0) is 11.5. The Bertz CT molecular complexity index is 147. The highest BCUT2D eigenvalue weighted by molar-refractivity contribution is 4.66. The van der Waals surface area contributed by atoms with Gasteiger partial charge in [0.1, 0.15) is 0 Å². The van der Waals surface area contributed by atoms with Crippen LogP contribution in [-0.4, -0.2) is 39.0 Å². The topological polar surface area (TPSA) is 30.5 Å². The molecule has 1 fully saturated rings. The van der Waals surface area contributed by atoms with Gasteiger partial charge >= 0.3 is 0 Å². The first-order valence-corrected chi connectivity index (χ1v) is 6.83. The van der Waals surface area contributed by atoms with Crippen LogP contribution in [0.2, 0.25) is 0 Å². The molecular weight excluding hydrogens is 202 g/mol. The van der Waals surface area contributed by atoms with Gasteiger partial charge in [-0.2, -0.15) is 0 Å². The molecular formula is C13H27NO2. The van der Waals surface area contributed by atoms with Crippen LogP contribution in [0.5, 0.6) is 0 Å². The van der Waals surface area contributed by atoms with E-state index in [4.69, 9.17) is 9.47 Å². The fourth-order valence-corrected chi connectivity index (χ4v) is 2.08. The molecule has 1 N–H and O–H groups in total. The first-order chi connectivity index (χ1) is 7.93. The van der Waals surface area contributed by atoms with Gasteiger partial charge in [0.2, 0.25) is 0 Å². The van der Waals surface area contributed by atoms with Gasteiger partial charge in [0.05, 0.1) is 12.7 Å². The summed E-state index contributed by atoms with van der Waals surface area (Å²) >= 11 is 0. The number of hydrogen-bond acceptors (Lipinski definition) is 3. The molecule has 3 heteroatoms. The molecule has 16 heavy (non-hydrogen) atoms. The average Bonchev–Trinajstić information content (AvgIpc) is 2.80. The molecule has 0 aromatic rings. The van der Waals surface area contributed by atoms with E-state index in [-0.39, 0.29) is 0 Å². The van der Waals surface area contributed by atoms with Crippen molar-refractivity contribution in [3.63, 3.8) is 0 Å². The van der Waals surface area contributed by atoms with Crippen LogP contribution >= 0.6 is 0 Å². The summed E-state index contributed by atoms with van der Waals surface area (Å²) in [6.45, 7) is 6.72. The molecule has 0 radical (unpaired) electrons. The Morgan fingerprint density at radius 3 is 2.62 bits per heavy atom. The van der Waals surface area contributed by atoms with E-state index < -0.39 is 0 Å². The summed E-state index contributed by atoms with van der Waals surface area (Å²) in [5.41, 5.74) is 0. The molecule has 0 unspecified atom stereocenters. The van der Waals surface area contributed by atoms with Crippen LogP contribution in [-0.2, 0) is 9.47 Å². The number of hydrogen-bond donors (Lipinski definition) is 1. The van der Waals surface area contributed by atoms with Gasteiger partial charge in [-0.1, -0.05) is 12.8 Å². The van der Waals surface area contributed by atoms with Crippen LogP contribution < -0.4 is 5.32 Å². The van der Waals surface area contributed by atoms with Gasteiger partial charge in [0.15, 0.2) is 0 Å². The van der Waals surface area contributed by atoms with E-state index in [0.717, 1.165) is 39.3 Å². The molecule has 1 aliphatic rings. The predicted octanol–water partition coefficient (Wildman–Crippen LogP) is 2.35. The van der Waals surface area contributed by atoms with E-state index in [0.29, 0.717) is 6.10 Å². The summed E-state index contributed by atoms with van der Waals surface area (Å²) in [7, 11) is 0. The van der Waals surface area contributed by atoms with Crippen molar-refractivity contribution in [3.8, 4) is 0 Å². The van der Waals surface area contributed by atoms with Crippen LogP contribution in [0, 0.1) is 0 Å². The van der Waals surface area contributed by atoms with Crippen LogP contribution in [0.15, 0.2) is 0 Å². The van der Waals surface area contributed by atoms with Crippen molar-refractivity contribution in [2.24, 2.45) is 0 Å². The Balaban J connectivity index is 1.71. The summed E-state index contributed by atoms with van der Waals surface area (Å²) in [4.78, 5) is 0. The third-order valence-electron chi connectivity index (χ3n) is 3.03. The summed E-state index contributed by atoms with van der Waals surface area (Å²) in [6.07, 6.45) is 8.17. The minimum absolute atomic E-state index is 0.555. The Hall–Kier alpha value is -0.120. The predicted molar refractivity (Wildman–Crippen MR) is 66.8 cm³/mol. The molecule has 0 amide bonds. The zero-order valence-corrected chi connectivity index (χ0v) is 10.7. The fourth-order valence-electron chi connectivity index (χ4n) is 2.08. The van der Waals surface area contributed by atoms with Crippen LogP contribution in [0.1, 0.15) is 45.4 Å². The maximum Gasteiger partial charge on any atom is 0.0594 e.